The normalized spacial score (nSPS) is 13.3. The van der Waals surface area contributed by atoms with Crippen LogP contribution in [0.15, 0.2) is 30.6 Å². The smallest absolute Gasteiger partial charge is 0.265 e. The summed E-state index contributed by atoms with van der Waals surface area (Å²) in [6.07, 6.45) is 4.58. The van der Waals surface area contributed by atoms with Gasteiger partial charge in [0.25, 0.3) is 11.8 Å². The topological polar surface area (TPSA) is 93.1 Å². The molecule has 2 heterocycles. The van der Waals surface area contributed by atoms with Crippen LogP contribution in [0.4, 0.5) is 5.82 Å². The maximum absolute atomic E-state index is 13.2. The predicted octanol–water partition coefficient (Wildman–Crippen LogP) is 4.39. The lowest BCUT2D eigenvalue weighted by atomic mass is 10.1. The van der Waals surface area contributed by atoms with Gasteiger partial charge < -0.3 is 10.6 Å². The van der Waals surface area contributed by atoms with Crippen LogP contribution in [0.5, 0.6) is 0 Å². The average molecular weight is 466 g/mol. The van der Waals surface area contributed by atoms with Crippen LogP contribution in [0, 0.1) is 5.92 Å². The molecule has 1 fully saturated rings. The number of hydrogen-bond donors (Lipinski definition) is 2. The number of nitrogens with zero attached hydrogens (tertiary/aromatic N) is 2. The highest BCUT2D eigenvalue weighted by molar-refractivity contribution is 6.41. The van der Waals surface area contributed by atoms with Crippen molar-refractivity contribution in [2.75, 3.05) is 12.4 Å². The van der Waals surface area contributed by atoms with Crippen molar-refractivity contribution in [2.45, 2.75) is 12.8 Å². The molecule has 0 spiro atoms. The lowest BCUT2D eigenvalue weighted by Crippen LogP contribution is -2.19. The first-order valence-electron chi connectivity index (χ1n) is 9.04. The molecular weight excluding hydrogens is 451 g/mol. The number of nitrogens with one attached hydrogen (secondary N) is 2. The van der Waals surface area contributed by atoms with E-state index in [1.807, 2.05) is 0 Å². The van der Waals surface area contributed by atoms with Gasteiger partial charge in [0.05, 0.1) is 31.5 Å². The van der Waals surface area contributed by atoms with E-state index in [2.05, 4.69) is 15.6 Å². The van der Waals surface area contributed by atoms with Gasteiger partial charge in [-0.3, -0.25) is 19.0 Å². The number of aromatic nitrogens is 2. The number of carbonyl (C=O) groups is 3. The Balaban J connectivity index is 1.78. The molecule has 1 aromatic carbocycles. The standard InChI is InChI=1S/C20H15Cl3N4O3/c1-24-18(28)10-6-11(21)15(12(22)7-10)20(30)27-8-13(23)16-14(27)4-5-25-17(16)26-19(29)9-2-3-9/h4-9H,2-3H2,1H3,(H,24,28)(H,25,26,29). The molecule has 4 rings (SSSR count). The zero-order valence-corrected chi connectivity index (χ0v) is 17.9. The number of benzene rings is 1. The van der Waals surface area contributed by atoms with Crippen molar-refractivity contribution < 1.29 is 14.4 Å². The van der Waals surface area contributed by atoms with Crippen LogP contribution >= 0.6 is 34.8 Å². The highest BCUT2D eigenvalue weighted by Gasteiger charge is 2.31. The molecule has 10 heteroatoms. The zero-order valence-electron chi connectivity index (χ0n) is 15.6. The Morgan fingerprint density at radius 1 is 1.10 bits per heavy atom. The van der Waals surface area contributed by atoms with E-state index in [0.29, 0.717) is 10.9 Å². The molecule has 0 saturated heterocycles. The molecule has 1 aliphatic carbocycles. The molecule has 1 saturated carbocycles. The second kappa shape index (κ2) is 7.91. The fraction of sp³-hybridized carbons (Fsp3) is 0.200. The maximum atomic E-state index is 13.2. The number of halogens is 3. The average Bonchev–Trinajstić information content (AvgIpc) is 3.50. The predicted molar refractivity (Wildman–Crippen MR) is 116 cm³/mol. The SMILES string of the molecule is CNC(=O)c1cc(Cl)c(C(=O)n2cc(Cl)c3c(NC(=O)C4CC4)nccc32)c(Cl)c1. The van der Waals surface area contributed by atoms with Gasteiger partial charge in [-0.15, -0.1) is 0 Å². The third-order valence-corrected chi connectivity index (χ3v) is 5.71. The second-order valence-corrected chi connectivity index (χ2v) is 8.09. The number of fused-ring (bicyclic) bond motifs is 1. The molecule has 0 bridgehead atoms. The van der Waals surface area contributed by atoms with E-state index in [4.69, 9.17) is 34.8 Å². The number of hydrogen-bond acceptors (Lipinski definition) is 4. The molecule has 7 nitrogen and oxygen atoms in total. The largest absolute Gasteiger partial charge is 0.355 e. The highest BCUT2D eigenvalue weighted by atomic mass is 35.5. The summed E-state index contributed by atoms with van der Waals surface area (Å²) in [5.41, 5.74) is 0.697. The van der Waals surface area contributed by atoms with Gasteiger partial charge in [0, 0.05) is 30.9 Å². The number of carbonyl (C=O) groups excluding carboxylic acids is 3. The summed E-state index contributed by atoms with van der Waals surface area (Å²) >= 11 is 18.9. The summed E-state index contributed by atoms with van der Waals surface area (Å²) in [5.74, 6) is -0.763. The van der Waals surface area contributed by atoms with Crippen LogP contribution in [0.1, 0.15) is 33.6 Å². The fourth-order valence-electron chi connectivity index (χ4n) is 3.14. The first-order chi connectivity index (χ1) is 14.3. The zero-order chi connectivity index (χ0) is 21.6. The van der Waals surface area contributed by atoms with Crippen molar-refractivity contribution in [3.63, 3.8) is 0 Å². The Kier molecular flexibility index (Phi) is 5.44. The molecule has 30 heavy (non-hydrogen) atoms. The minimum absolute atomic E-state index is 0.0130. The first kappa shape index (κ1) is 20.7. The van der Waals surface area contributed by atoms with E-state index in [1.54, 1.807) is 6.07 Å². The molecule has 2 N–H and O–H groups in total. The number of amides is 2. The Bertz CT molecular complexity index is 1190. The van der Waals surface area contributed by atoms with E-state index < -0.39 is 5.91 Å². The van der Waals surface area contributed by atoms with E-state index in [9.17, 15) is 14.4 Å². The van der Waals surface area contributed by atoms with Crippen molar-refractivity contribution in [1.29, 1.82) is 0 Å². The van der Waals surface area contributed by atoms with Crippen molar-refractivity contribution in [2.24, 2.45) is 5.92 Å². The molecule has 154 valence electrons. The van der Waals surface area contributed by atoms with Crippen LogP contribution in [0.25, 0.3) is 10.9 Å². The van der Waals surface area contributed by atoms with Gasteiger partial charge in [-0.2, -0.15) is 0 Å². The maximum Gasteiger partial charge on any atom is 0.265 e. The van der Waals surface area contributed by atoms with E-state index >= 15 is 0 Å². The van der Waals surface area contributed by atoms with Crippen molar-refractivity contribution in [3.8, 4) is 0 Å². The third-order valence-electron chi connectivity index (χ3n) is 4.82. The van der Waals surface area contributed by atoms with Gasteiger partial charge in [0.2, 0.25) is 5.91 Å². The van der Waals surface area contributed by atoms with Crippen molar-refractivity contribution in [1.82, 2.24) is 14.9 Å². The fourth-order valence-corrected chi connectivity index (χ4v) is 4.07. The van der Waals surface area contributed by atoms with Crippen LogP contribution in [0.3, 0.4) is 0 Å². The Morgan fingerprint density at radius 3 is 2.37 bits per heavy atom. The summed E-state index contributed by atoms with van der Waals surface area (Å²) in [6.45, 7) is 0. The molecule has 0 aliphatic heterocycles. The molecule has 2 amide bonds. The first-order valence-corrected chi connectivity index (χ1v) is 10.2. The van der Waals surface area contributed by atoms with Crippen LogP contribution < -0.4 is 10.6 Å². The summed E-state index contributed by atoms with van der Waals surface area (Å²) in [6, 6.07) is 4.35. The van der Waals surface area contributed by atoms with Gasteiger partial charge in [-0.25, -0.2) is 4.98 Å². The highest BCUT2D eigenvalue weighted by Crippen LogP contribution is 2.35. The molecule has 0 unspecified atom stereocenters. The van der Waals surface area contributed by atoms with E-state index in [0.717, 1.165) is 12.8 Å². The lowest BCUT2D eigenvalue weighted by molar-refractivity contribution is -0.117. The number of pyridine rings is 1. The second-order valence-electron chi connectivity index (χ2n) is 6.86. The molecule has 1 aliphatic rings. The van der Waals surface area contributed by atoms with Crippen LogP contribution in [0.2, 0.25) is 15.1 Å². The quantitative estimate of drug-likeness (QED) is 0.597. The van der Waals surface area contributed by atoms with Crippen LogP contribution in [-0.2, 0) is 4.79 Å². The molecule has 3 aromatic rings. The Labute approximate surface area is 186 Å². The van der Waals surface area contributed by atoms with Gasteiger partial charge in [0.1, 0.15) is 5.82 Å². The minimum atomic E-state index is -0.531. The van der Waals surface area contributed by atoms with Crippen molar-refractivity contribution in [3.05, 3.63) is 56.8 Å². The van der Waals surface area contributed by atoms with Gasteiger partial charge in [0.15, 0.2) is 0 Å². The Hall–Kier alpha value is -2.61. The summed E-state index contributed by atoms with van der Waals surface area (Å²) in [4.78, 5) is 41.5. The summed E-state index contributed by atoms with van der Waals surface area (Å²) in [5, 5.41) is 5.98. The lowest BCUT2D eigenvalue weighted by Gasteiger charge is -2.11. The van der Waals surface area contributed by atoms with Gasteiger partial charge >= 0.3 is 0 Å². The third kappa shape index (κ3) is 3.64. The molecule has 0 radical (unpaired) electrons. The summed E-state index contributed by atoms with van der Waals surface area (Å²) < 4.78 is 1.29. The molecule has 2 aromatic heterocycles. The van der Waals surface area contributed by atoms with E-state index in [-0.39, 0.29) is 49.7 Å². The molecular formula is C20H15Cl3N4O3. The molecule has 0 atom stereocenters. The Morgan fingerprint density at radius 2 is 1.77 bits per heavy atom. The van der Waals surface area contributed by atoms with Gasteiger partial charge in [-0.1, -0.05) is 34.8 Å². The number of rotatable bonds is 4. The van der Waals surface area contributed by atoms with E-state index in [1.165, 1.54) is 36.1 Å². The van der Waals surface area contributed by atoms with Gasteiger partial charge in [-0.05, 0) is 31.0 Å². The number of anilines is 1. The summed E-state index contributed by atoms with van der Waals surface area (Å²) in [7, 11) is 1.48. The van der Waals surface area contributed by atoms with Crippen LogP contribution in [-0.4, -0.2) is 34.3 Å². The monoisotopic (exact) mass is 464 g/mol. The minimum Gasteiger partial charge on any atom is -0.355 e. The van der Waals surface area contributed by atoms with Crippen molar-refractivity contribution >= 4 is 69.2 Å².